The molecule has 4 nitrogen and oxygen atoms in total. The smallest absolute Gasteiger partial charge is 0.414 e. The van der Waals surface area contributed by atoms with Crippen molar-refractivity contribution >= 4 is 11.8 Å². The van der Waals surface area contributed by atoms with Gasteiger partial charge in [0.25, 0.3) is 0 Å². The summed E-state index contributed by atoms with van der Waals surface area (Å²) in [7, 11) is 1.77. The van der Waals surface area contributed by atoms with Crippen molar-refractivity contribution < 1.29 is 13.9 Å². The normalized spacial score (nSPS) is 11.2. The van der Waals surface area contributed by atoms with E-state index in [-0.39, 0.29) is 5.69 Å². The number of nitrogens with zero attached hydrogens (tertiary/aromatic N) is 1. The number of nitrogens with one attached hydrogen (secondary N) is 1. The molecule has 0 bridgehead atoms. The highest BCUT2D eigenvalue weighted by Crippen LogP contribution is 2.21. The lowest BCUT2D eigenvalue weighted by Gasteiger charge is -2.27. The highest BCUT2D eigenvalue weighted by molar-refractivity contribution is 5.88. The van der Waals surface area contributed by atoms with Crippen molar-refractivity contribution in [2.45, 2.75) is 26.4 Å². The van der Waals surface area contributed by atoms with Crippen LogP contribution in [-0.2, 0) is 4.74 Å². The van der Waals surface area contributed by atoms with Crippen molar-refractivity contribution in [3.8, 4) is 0 Å². The number of ether oxygens (including phenoxy) is 1. The fourth-order valence-electron chi connectivity index (χ4n) is 1.52. The molecule has 106 valence electrons. The molecule has 0 aliphatic carbocycles. The number of hydrogen-bond donors (Lipinski definition) is 1. The molecule has 1 aromatic carbocycles. The van der Waals surface area contributed by atoms with Crippen molar-refractivity contribution in [2.75, 3.05) is 25.0 Å². The highest BCUT2D eigenvalue weighted by Gasteiger charge is 2.24. The fraction of sp³-hybridized carbons (Fsp3) is 0.500. The van der Waals surface area contributed by atoms with Gasteiger partial charge in [-0.1, -0.05) is 12.1 Å². The first kappa shape index (κ1) is 15.4. The molecule has 0 atom stereocenters. The fourth-order valence-corrected chi connectivity index (χ4v) is 1.52. The van der Waals surface area contributed by atoms with E-state index in [2.05, 4.69) is 5.32 Å². The van der Waals surface area contributed by atoms with Gasteiger partial charge in [-0.2, -0.15) is 0 Å². The first-order valence-electron chi connectivity index (χ1n) is 6.25. The van der Waals surface area contributed by atoms with E-state index in [1.165, 1.54) is 11.0 Å². The minimum absolute atomic E-state index is 0.229. The molecular formula is C14H21FN2O2. The molecule has 0 spiro atoms. The van der Waals surface area contributed by atoms with Crippen molar-refractivity contribution in [2.24, 2.45) is 0 Å². The molecule has 0 saturated heterocycles. The van der Waals surface area contributed by atoms with Gasteiger partial charge in [0.15, 0.2) is 0 Å². The quantitative estimate of drug-likeness (QED) is 0.913. The van der Waals surface area contributed by atoms with E-state index in [0.717, 1.165) is 0 Å². The summed E-state index contributed by atoms with van der Waals surface area (Å²) >= 11 is 0. The lowest BCUT2D eigenvalue weighted by atomic mass is 10.2. The van der Waals surface area contributed by atoms with Crippen molar-refractivity contribution in [3.63, 3.8) is 0 Å². The standard InChI is InChI=1S/C14H21FN2O2/c1-14(2,3)19-13(18)17(10-9-16-4)12-8-6-5-7-11(12)15/h5-8,16H,9-10H2,1-4H3. The van der Waals surface area contributed by atoms with Gasteiger partial charge in [-0.15, -0.1) is 0 Å². The molecule has 1 aromatic rings. The zero-order valence-corrected chi connectivity index (χ0v) is 11.9. The van der Waals surface area contributed by atoms with Crippen molar-refractivity contribution in [1.82, 2.24) is 5.32 Å². The van der Waals surface area contributed by atoms with Crippen LogP contribution in [0.4, 0.5) is 14.9 Å². The van der Waals surface area contributed by atoms with Crippen LogP contribution in [0, 0.1) is 5.82 Å². The van der Waals surface area contributed by atoms with Crippen molar-refractivity contribution in [3.05, 3.63) is 30.1 Å². The maximum absolute atomic E-state index is 13.8. The van der Waals surface area contributed by atoms with Crippen LogP contribution in [0.1, 0.15) is 20.8 Å². The van der Waals surface area contributed by atoms with Crippen LogP contribution in [0.5, 0.6) is 0 Å². The Kier molecular flexibility index (Phi) is 5.30. The van der Waals surface area contributed by atoms with Crippen LogP contribution in [0.15, 0.2) is 24.3 Å². The summed E-state index contributed by atoms with van der Waals surface area (Å²) in [4.78, 5) is 13.4. The first-order valence-corrected chi connectivity index (χ1v) is 6.25. The van der Waals surface area contributed by atoms with Crippen LogP contribution in [0.3, 0.4) is 0 Å². The second kappa shape index (κ2) is 6.52. The molecule has 0 aromatic heterocycles. The number of para-hydroxylation sites is 1. The molecule has 5 heteroatoms. The number of hydrogen-bond acceptors (Lipinski definition) is 3. The van der Waals surface area contributed by atoms with E-state index >= 15 is 0 Å². The van der Waals surface area contributed by atoms with Gasteiger partial charge in [-0.05, 0) is 40.0 Å². The average molecular weight is 268 g/mol. The van der Waals surface area contributed by atoms with E-state index in [9.17, 15) is 9.18 Å². The minimum atomic E-state index is -0.611. The van der Waals surface area contributed by atoms with Gasteiger partial charge in [0.1, 0.15) is 11.4 Å². The molecule has 0 aliphatic heterocycles. The Bertz CT molecular complexity index is 430. The molecule has 0 radical (unpaired) electrons. The molecule has 1 amide bonds. The summed E-state index contributed by atoms with van der Waals surface area (Å²) in [6.45, 7) is 6.23. The van der Waals surface area contributed by atoms with Gasteiger partial charge in [0.05, 0.1) is 5.69 Å². The Morgan fingerprint density at radius 1 is 1.37 bits per heavy atom. The number of likely N-dealkylation sites (N-methyl/N-ethyl adjacent to an activating group) is 1. The predicted molar refractivity (Wildman–Crippen MR) is 73.9 cm³/mol. The van der Waals surface area contributed by atoms with Crippen molar-refractivity contribution in [1.29, 1.82) is 0 Å². The molecular weight excluding hydrogens is 247 g/mol. The third kappa shape index (κ3) is 4.87. The number of carbonyl (C=O) groups excluding carboxylic acids is 1. The number of halogens is 1. The lowest BCUT2D eigenvalue weighted by molar-refractivity contribution is 0.0579. The van der Waals surface area contributed by atoms with Crippen LogP contribution < -0.4 is 10.2 Å². The summed E-state index contributed by atoms with van der Waals surface area (Å²) in [5.41, 5.74) is -0.382. The Labute approximate surface area is 113 Å². The summed E-state index contributed by atoms with van der Waals surface area (Å²) in [6, 6.07) is 6.17. The van der Waals surface area contributed by atoms with E-state index in [0.29, 0.717) is 13.1 Å². The number of carbonyl (C=O) groups is 1. The van der Waals surface area contributed by atoms with E-state index < -0.39 is 17.5 Å². The molecule has 0 aliphatic rings. The number of rotatable bonds is 4. The zero-order chi connectivity index (χ0) is 14.5. The maximum atomic E-state index is 13.8. The highest BCUT2D eigenvalue weighted by atomic mass is 19.1. The Morgan fingerprint density at radius 3 is 2.53 bits per heavy atom. The van der Waals surface area contributed by atoms with Crippen LogP contribution in [0.25, 0.3) is 0 Å². The SMILES string of the molecule is CNCCN(C(=O)OC(C)(C)C)c1ccccc1F. The molecule has 0 fully saturated rings. The molecule has 19 heavy (non-hydrogen) atoms. The second-order valence-electron chi connectivity index (χ2n) is 5.19. The average Bonchev–Trinajstić information content (AvgIpc) is 2.29. The number of anilines is 1. The predicted octanol–water partition coefficient (Wildman–Crippen LogP) is 2.79. The molecule has 1 rings (SSSR count). The Balaban J connectivity index is 2.95. The molecule has 0 heterocycles. The summed E-state index contributed by atoms with van der Waals surface area (Å²) in [5.74, 6) is -0.440. The Hall–Kier alpha value is -1.62. The number of amides is 1. The Morgan fingerprint density at radius 2 is 2.00 bits per heavy atom. The largest absolute Gasteiger partial charge is 0.443 e. The van der Waals surface area contributed by atoms with Gasteiger partial charge in [0, 0.05) is 13.1 Å². The third-order valence-corrected chi connectivity index (χ3v) is 2.34. The summed E-state index contributed by atoms with van der Waals surface area (Å²) < 4.78 is 19.1. The van der Waals surface area contributed by atoms with Gasteiger partial charge in [0.2, 0.25) is 0 Å². The van der Waals surface area contributed by atoms with E-state index in [1.54, 1.807) is 46.0 Å². The summed E-state index contributed by atoms with van der Waals surface area (Å²) in [5, 5.41) is 2.93. The second-order valence-corrected chi connectivity index (χ2v) is 5.19. The zero-order valence-electron chi connectivity index (χ0n) is 11.9. The molecule has 0 unspecified atom stereocenters. The maximum Gasteiger partial charge on any atom is 0.414 e. The van der Waals surface area contributed by atoms with Crippen LogP contribution in [0.2, 0.25) is 0 Å². The van der Waals surface area contributed by atoms with Gasteiger partial charge < -0.3 is 10.1 Å². The lowest BCUT2D eigenvalue weighted by Crippen LogP contribution is -2.40. The molecule has 1 N–H and O–H groups in total. The summed E-state index contributed by atoms with van der Waals surface area (Å²) in [6.07, 6.45) is -0.548. The topological polar surface area (TPSA) is 41.6 Å². The van der Waals surface area contributed by atoms with Gasteiger partial charge in [-0.3, -0.25) is 4.90 Å². The van der Waals surface area contributed by atoms with Crippen LogP contribution >= 0.6 is 0 Å². The van der Waals surface area contributed by atoms with E-state index in [1.807, 2.05) is 0 Å². The van der Waals surface area contributed by atoms with Gasteiger partial charge in [-0.25, -0.2) is 9.18 Å². The molecule has 0 saturated carbocycles. The number of benzene rings is 1. The minimum Gasteiger partial charge on any atom is -0.443 e. The van der Waals surface area contributed by atoms with E-state index in [4.69, 9.17) is 4.74 Å². The monoisotopic (exact) mass is 268 g/mol. The van der Waals surface area contributed by atoms with Crippen LogP contribution in [-0.4, -0.2) is 31.8 Å². The van der Waals surface area contributed by atoms with Gasteiger partial charge >= 0.3 is 6.09 Å². The first-order chi connectivity index (χ1) is 8.85. The third-order valence-electron chi connectivity index (χ3n) is 2.34.